The molecule has 2 aliphatic rings. The number of fused-ring (bicyclic) bond motifs is 1. The molecule has 1 N–H and O–H groups in total. The van der Waals surface area contributed by atoms with Crippen LogP contribution in [0.15, 0.2) is 54.6 Å². The molecule has 1 saturated heterocycles. The molecule has 0 aromatic heterocycles. The number of carbonyl (C=O) groups is 2. The summed E-state index contributed by atoms with van der Waals surface area (Å²) < 4.78 is 28.1. The standard InChI is InChI=1S/C32H32Cl2FNO6/c1-3-31(40,21-10-12-42-13-11-21)23-16-26-29(27(35)17-23)32(41-2,22-5-8-24(33)9-6-22)36(30(26)39)18-19-4-7-25(34)14-20(19)15-28(37)38/h4-9,14,16-17,21,40H,3,10-13,15,18H2,1-2H3,(H,37,38)/p-1/t31-,32?/m0/s1. The predicted molar refractivity (Wildman–Crippen MR) is 153 cm³/mol. The molecule has 1 fully saturated rings. The maximum Gasteiger partial charge on any atom is 0.257 e. The third-order valence-corrected chi connectivity index (χ3v) is 9.07. The summed E-state index contributed by atoms with van der Waals surface area (Å²) in [7, 11) is 1.38. The van der Waals surface area contributed by atoms with Crippen LogP contribution in [0.25, 0.3) is 0 Å². The summed E-state index contributed by atoms with van der Waals surface area (Å²) in [5.74, 6) is -2.73. The van der Waals surface area contributed by atoms with Crippen molar-refractivity contribution in [1.82, 2.24) is 4.90 Å². The van der Waals surface area contributed by atoms with E-state index >= 15 is 4.39 Å². The molecule has 0 saturated carbocycles. The zero-order chi connectivity index (χ0) is 30.2. The minimum atomic E-state index is -1.72. The van der Waals surface area contributed by atoms with Gasteiger partial charge in [-0.2, -0.15) is 0 Å². The lowest BCUT2D eigenvalue weighted by Crippen LogP contribution is -2.46. The normalized spacial score (nSPS) is 20.4. The Labute approximate surface area is 253 Å². The molecule has 10 heteroatoms. The van der Waals surface area contributed by atoms with Crippen LogP contribution in [0.5, 0.6) is 0 Å². The molecule has 1 unspecified atom stereocenters. The van der Waals surface area contributed by atoms with Crippen LogP contribution >= 0.6 is 23.2 Å². The van der Waals surface area contributed by atoms with Crippen LogP contribution in [0.1, 0.15) is 64.4 Å². The van der Waals surface area contributed by atoms with Gasteiger partial charge < -0.3 is 24.5 Å². The largest absolute Gasteiger partial charge is 0.550 e. The number of aliphatic carboxylic acids is 1. The Morgan fingerprint density at radius 1 is 1.12 bits per heavy atom. The number of nitrogens with zero attached hydrogens (tertiary/aromatic N) is 1. The van der Waals surface area contributed by atoms with Crippen molar-refractivity contribution in [2.45, 2.75) is 50.5 Å². The van der Waals surface area contributed by atoms with E-state index in [2.05, 4.69) is 0 Å². The number of hydrogen-bond acceptors (Lipinski definition) is 6. The average molecular weight is 616 g/mol. The van der Waals surface area contributed by atoms with Crippen molar-refractivity contribution in [3.63, 3.8) is 0 Å². The van der Waals surface area contributed by atoms with Gasteiger partial charge in [0.25, 0.3) is 5.91 Å². The zero-order valence-corrected chi connectivity index (χ0v) is 24.8. The monoisotopic (exact) mass is 614 g/mol. The highest BCUT2D eigenvalue weighted by Gasteiger charge is 2.54. The smallest absolute Gasteiger partial charge is 0.257 e. The van der Waals surface area contributed by atoms with Gasteiger partial charge in [-0.15, -0.1) is 0 Å². The number of hydrogen-bond donors (Lipinski definition) is 1. The van der Waals surface area contributed by atoms with Crippen molar-refractivity contribution in [2.75, 3.05) is 20.3 Å². The molecule has 2 atom stereocenters. The number of carboxylic acid groups (broad SMARTS) is 1. The molecule has 7 nitrogen and oxygen atoms in total. The van der Waals surface area contributed by atoms with Gasteiger partial charge in [-0.05, 0) is 78.3 Å². The van der Waals surface area contributed by atoms with E-state index in [1.165, 1.54) is 24.1 Å². The van der Waals surface area contributed by atoms with Crippen LogP contribution in [0, 0.1) is 11.7 Å². The highest BCUT2D eigenvalue weighted by molar-refractivity contribution is 6.30. The third-order valence-electron chi connectivity index (χ3n) is 8.58. The van der Waals surface area contributed by atoms with Crippen molar-refractivity contribution in [2.24, 2.45) is 5.92 Å². The van der Waals surface area contributed by atoms with Crippen molar-refractivity contribution in [1.29, 1.82) is 0 Å². The molecule has 3 aromatic carbocycles. The van der Waals surface area contributed by atoms with E-state index in [-0.39, 0.29) is 23.6 Å². The van der Waals surface area contributed by atoms with Crippen LogP contribution < -0.4 is 5.11 Å². The Hall–Kier alpha value is -3.01. The molecule has 42 heavy (non-hydrogen) atoms. The summed E-state index contributed by atoms with van der Waals surface area (Å²) in [6.07, 6.45) is 1.10. The van der Waals surface area contributed by atoms with E-state index in [1.54, 1.807) is 42.5 Å². The first-order valence-corrected chi connectivity index (χ1v) is 14.6. The summed E-state index contributed by atoms with van der Waals surface area (Å²) in [5.41, 5.74) is -1.45. The molecular formula is C32H31Cl2FNO6-. The highest BCUT2D eigenvalue weighted by Crippen LogP contribution is 2.49. The van der Waals surface area contributed by atoms with Gasteiger partial charge in [-0.1, -0.05) is 48.3 Å². The molecule has 0 bridgehead atoms. The fourth-order valence-electron chi connectivity index (χ4n) is 6.43. The maximum atomic E-state index is 16.5. The first kappa shape index (κ1) is 30.4. The summed E-state index contributed by atoms with van der Waals surface area (Å²) in [4.78, 5) is 27.2. The third kappa shape index (κ3) is 5.20. The molecule has 5 rings (SSSR count). The Morgan fingerprint density at radius 3 is 2.40 bits per heavy atom. The Kier molecular flexibility index (Phi) is 8.65. The number of carbonyl (C=O) groups excluding carboxylic acids is 2. The van der Waals surface area contributed by atoms with Gasteiger partial charge in [0.1, 0.15) is 5.82 Å². The fourth-order valence-corrected chi connectivity index (χ4v) is 6.75. The summed E-state index contributed by atoms with van der Waals surface area (Å²) in [6, 6.07) is 14.1. The molecule has 222 valence electrons. The number of halogens is 3. The second-order valence-electron chi connectivity index (χ2n) is 10.8. The Bertz CT molecular complexity index is 1510. The lowest BCUT2D eigenvalue weighted by Gasteiger charge is -2.39. The number of methoxy groups -OCH3 is 1. The van der Waals surface area contributed by atoms with Crippen molar-refractivity contribution >= 4 is 35.1 Å². The van der Waals surface area contributed by atoms with Gasteiger partial charge in [0.15, 0.2) is 5.72 Å². The lowest BCUT2D eigenvalue weighted by atomic mass is 9.74. The molecule has 3 aromatic rings. The average Bonchev–Trinajstić information content (AvgIpc) is 3.22. The highest BCUT2D eigenvalue weighted by atomic mass is 35.5. The fraction of sp³-hybridized carbons (Fsp3) is 0.375. The van der Waals surface area contributed by atoms with Gasteiger partial charge in [0, 0.05) is 54.9 Å². The minimum Gasteiger partial charge on any atom is -0.550 e. The van der Waals surface area contributed by atoms with Gasteiger partial charge in [0.2, 0.25) is 0 Å². The number of rotatable bonds is 9. The van der Waals surface area contributed by atoms with Gasteiger partial charge >= 0.3 is 0 Å². The number of amides is 1. The number of benzene rings is 3. The van der Waals surface area contributed by atoms with E-state index in [0.29, 0.717) is 64.8 Å². The quantitative estimate of drug-likeness (QED) is 0.366. The first-order chi connectivity index (χ1) is 20.0. The molecule has 0 aliphatic carbocycles. The van der Waals surface area contributed by atoms with Crippen LogP contribution in [0.4, 0.5) is 4.39 Å². The number of ether oxygens (including phenoxy) is 2. The van der Waals surface area contributed by atoms with E-state index in [0.717, 1.165) is 0 Å². The first-order valence-electron chi connectivity index (χ1n) is 13.8. The Morgan fingerprint density at radius 2 is 1.79 bits per heavy atom. The van der Waals surface area contributed by atoms with E-state index in [4.69, 9.17) is 32.7 Å². The lowest BCUT2D eigenvalue weighted by molar-refractivity contribution is -0.304. The maximum absolute atomic E-state index is 16.5. The Balaban J connectivity index is 1.70. The summed E-state index contributed by atoms with van der Waals surface area (Å²) in [5, 5.41) is 24.2. The SMILES string of the molecule is CC[C@@](O)(c1cc(F)c2c(c1)C(=O)N(Cc1ccc(Cl)cc1CC(=O)[O-])C2(OC)c1ccc(Cl)cc1)C1CCOCC1. The summed E-state index contributed by atoms with van der Waals surface area (Å²) >= 11 is 12.3. The van der Waals surface area contributed by atoms with Crippen molar-refractivity contribution in [3.05, 3.63) is 104 Å². The van der Waals surface area contributed by atoms with Gasteiger partial charge in [-0.3, -0.25) is 9.69 Å². The summed E-state index contributed by atoms with van der Waals surface area (Å²) in [6.45, 7) is 2.69. The number of aliphatic hydroxyl groups is 1. The zero-order valence-electron chi connectivity index (χ0n) is 23.3. The molecule has 0 radical (unpaired) electrons. The van der Waals surface area contributed by atoms with Gasteiger partial charge in [0.05, 0.1) is 16.7 Å². The topological polar surface area (TPSA) is 99.1 Å². The molecular weight excluding hydrogens is 584 g/mol. The second-order valence-corrected chi connectivity index (χ2v) is 11.6. The predicted octanol–water partition coefficient (Wildman–Crippen LogP) is 4.95. The van der Waals surface area contributed by atoms with Crippen molar-refractivity contribution in [3.8, 4) is 0 Å². The molecule has 2 aliphatic heterocycles. The van der Waals surface area contributed by atoms with Crippen LogP contribution in [-0.4, -0.2) is 42.2 Å². The van der Waals surface area contributed by atoms with Crippen LogP contribution in [-0.2, 0) is 38.6 Å². The minimum absolute atomic E-state index is 0.00178. The van der Waals surface area contributed by atoms with Gasteiger partial charge in [-0.25, -0.2) is 4.39 Å². The van der Waals surface area contributed by atoms with Crippen molar-refractivity contribution < 1.29 is 33.7 Å². The number of carboxylic acids is 1. The second kappa shape index (κ2) is 11.9. The molecule has 1 amide bonds. The van der Waals surface area contributed by atoms with E-state index < -0.39 is 35.4 Å². The molecule has 2 heterocycles. The van der Waals surface area contributed by atoms with Crippen LogP contribution in [0.3, 0.4) is 0 Å². The molecule has 0 spiro atoms. The van der Waals surface area contributed by atoms with E-state index in [9.17, 15) is 19.8 Å². The van der Waals surface area contributed by atoms with Crippen LogP contribution in [0.2, 0.25) is 10.0 Å². The van der Waals surface area contributed by atoms with E-state index in [1.807, 2.05) is 6.92 Å².